The molecule has 1 aromatic carbocycles. The van der Waals surface area contributed by atoms with Crippen LogP contribution < -0.4 is 14.8 Å². The van der Waals surface area contributed by atoms with Crippen molar-refractivity contribution in [3.8, 4) is 11.5 Å². The van der Waals surface area contributed by atoms with Gasteiger partial charge in [-0.25, -0.2) is 4.39 Å². The highest BCUT2D eigenvalue weighted by Crippen LogP contribution is 2.41. The minimum absolute atomic E-state index is 0.301. The Morgan fingerprint density at radius 2 is 1.94 bits per heavy atom. The van der Waals surface area contributed by atoms with Gasteiger partial charge in [-0.3, -0.25) is 0 Å². The Labute approximate surface area is 106 Å². The average Bonchev–Trinajstić information content (AvgIpc) is 2.67. The number of fused-ring (bicyclic) bond motifs is 1. The molecular weight excluding hydrogens is 233 g/mol. The van der Waals surface area contributed by atoms with Gasteiger partial charge in [-0.1, -0.05) is 6.07 Å². The molecule has 2 heterocycles. The van der Waals surface area contributed by atoms with E-state index in [-0.39, 0.29) is 5.82 Å². The van der Waals surface area contributed by atoms with Crippen molar-refractivity contribution in [2.75, 3.05) is 26.3 Å². The van der Waals surface area contributed by atoms with Gasteiger partial charge in [0.15, 0.2) is 17.3 Å². The number of nitrogens with one attached hydrogen (secondary N) is 1. The number of halogens is 1. The Balaban J connectivity index is 1.98. The van der Waals surface area contributed by atoms with Crippen LogP contribution in [0.1, 0.15) is 30.7 Å². The summed E-state index contributed by atoms with van der Waals surface area (Å²) in [5, 5.41) is 3.38. The molecule has 3 rings (SSSR count). The highest BCUT2D eigenvalue weighted by atomic mass is 19.1. The molecule has 0 radical (unpaired) electrons. The molecule has 3 nitrogen and oxygen atoms in total. The summed E-state index contributed by atoms with van der Waals surface area (Å²) in [5.41, 5.74) is 1.08. The van der Waals surface area contributed by atoms with Crippen LogP contribution in [0.5, 0.6) is 11.5 Å². The van der Waals surface area contributed by atoms with Crippen molar-refractivity contribution >= 4 is 0 Å². The van der Waals surface area contributed by atoms with E-state index < -0.39 is 0 Å². The molecule has 2 aliphatic heterocycles. The van der Waals surface area contributed by atoms with Crippen molar-refractivity contribution in [3.63, 3.8) is 0 Å². The summed E-state index contributed by atoms with van der Waals surface area (Å²) in [6.07, 6.45) is 3.07. The molecule has 0 aliphatic carbocycles. The Morgan fingerprint density at radius 1 is 1.11 bits per heavy atom. The maximum absolute atomic E-state index is 13.8. The Morgan fingerprint density at radius 3 is 2.72 bits per heavy atom. The molecular formula is C14H18FNO2. The molecule has 18 heavy (non-hydrogen) atoms. The maximum atomic E-state index is 13.8. The van der Waals surface area contributed by atoms with Gasteiger partial charge in [-0.05, 0) is 25.5 Å². The lowest BCUT2D eigenvalue weighted by molar-refractivity contribution is 0.291. The highest BCUT2D eigenvalue weighted by molar-refractivity contribution is 5.50. The van der Waals surface area contributed by atoms with Crippen LogP contribution in [-0.4, -0.2) is 26.3 Å². The van der Waals surface area contributed by atoms with Crippen LogP contribution in [0, 0.1) is 5.82 Å². The van der Waals surface area contributed by atoms with Crippen LogP contribution in [0.25, 0.3) is 0 Å². The summed E-state index contributed by atoms with van der Waals surface area (Å²) < 4.78 is 25.0. The van der Waals surface area contributed by atoms with E-state index in [1.54, 1.807) is 0 Å². The van der Waals surface area contributed by atoms with Gasteiger partial charge in [-0.2, -0.15) is 0 Å². The second-order valence-corrected chi connectivity index (χ2v) is 4.89. The molecule has 0 amide bonds. The fourth-order valence-corrected chi connectivity index (χ4v) is 2.68. The van der Waals surface area contributed by atoms with E-state index >= 15 is 0 Å². The number of benzene rings is 1. The Hall–Kier alpha value is -1.29. The van der Waals surface area contributed by atoms with E-state index in [0.29, 0.717) is 30.6 Å². The molecule has 4 heteroatoms. The van der Waals surface area contributed by atoms with Gasteiger partial charge in [0.05, 0.1) is 13.2 Å². The number of ether oxygens (including phenoxy) is 2. The van der Waals surface area contributed by atoms with Gasteiger partial charge in [0.25, 0.3) is 0 Å². The second kappa shape index (κ2) is 5.14. The molecule has 0 spiro atoms. The van der Waals surface area contributed by atoms with Crippen molar-refractivity contribution in [3.05, 3.63) is 23.5 Å². The van der Waals surface area contributed by atoms with Crippen LogP contribution in [0.4, 0.5) is 4.39 Å². The van der Waals surface area contributed by atoms with Crippen molar-refractivity contribution in [1.82, 2.24) is 5.32 Å². The van der Waals surface area contributed by atoms with Crippen LogP contribution >= 0.6 is 0 Å². The zero-order valence-electron chi connectivity index (χ0n) is 10.4. The maximum Gasteiger partial charge on any atom is 0.197 e. The standard InChI is InChI=1S/C14H18FNO2/c15-12-5-4-11(10-3-1-6-16-9-10)13-14(12)18-8-2-7-17-13/h4-5,10,16H,1-3,6-9H2. The van der Waals surface area contributed by atoms with Crippen LogP contribution in [0.15, 0.2) is 12.1 Å². The molecule has 1 aromatic rings. The quantitative estimate of drug-likeness (QED) is 0.831. The topological polar surface area (TPSA) is 30.5 Å². The first-order chi connectivity index (χ1) is 8.86. The average molecular weight is 251 g/mol. The SMILES string of the molecule is Fc1ccc(C2CCCNC2)c2c1OCCCO2. The number of hydrogen-bond donors (Lipinski definition) is 1. The fourth-order valence-electron chi connectivity index (χ4n) is 2.68. The lowest BCUT2D eigenvalue weighted by Gasteiger charge is -2.25. The first-order valence-corrected chi connectivity index (χ1v) is 6.65. The first-order valence-electron chi connectivity index (χ1n) is 6.65. The van der Waals surface area contributed by atoms with E-state index in [2.05, 4.69) is 5.32 Å². The summed E-state index contributed by atoms with van der Waals surface area (Å²) in [7, 11) is 0. The van der Waals surface area contributed by atoms with Gasteiger partial charge in [0, 0.05) is 24.4 Å². The zero-order valence-corrected chi connectivity index (χ0v) is 10.4. The molecule has 2 aliphatic rings. The van der Waals surface area contributed by atoms with Crippen molar-refractivity contribution < 1.29 is 13.9 Å². The summed E-state index contributed by atoms with van der Waals surface area (Å²) in [6.45, 7) is 3.12. The van der Waals surface area contributed by atoms with Gasteiger partial charge >= 0.3 is 0 Å². The van der Waals surface area contributed by atoms with E-state index in [1.165, 1.54) is 6.07 Å². The summed E-state index contributed by atoms with van der Waals surface area (Å²) in [6, 6.07) is 3.35. The molecule has 1 atom stereocenters. The van der Waals surface area contributed by atoms with E-state index in [4.69, 9.17) is 9.47 Å². The normalized spacial score (nSPS) is 23.5. The third kappa shape index (κ3) is 2.17. The Kier molecular flexibility index (Phi) is 3.37. The Bertz CT molecular complexity index is 430. The lowest BCUT2D eigenvalue weighted by Crippen LogP contribution is -2.28. The smallest absolute Gasteiger partial charge is 0.197 e. The second-order valence-electron chi connectivity index (χ2n) is 4.89. The molecule has 1 fully saturated rings. The predicted molar refractivity (Wildman–Crippen MR) is 66.9 cm³/mol. The van der Waals surface area contributed by atoms with Crippen LogP contribution in [0.3, 0.4) is 0 Å². The molecule has 1 unspecified atom stereocenters. The molecule has 0 aromatic heterocycles. The predicted octanol–water partition coefficient (Wildman–Crippen LogP) is 2.45. The number of rotatable bonds is 1. The van der Waals surface area contributed by atoms with E-state index in [1.807, 2.05) is 6.07 Å². The van der Waals surface area contributed by atoms with Gasteiger partial charge in [-0.15, -0.1) is 0 Å². The first kappa shape index (κ1) is 11.8. The number of hydrogen-bond acceptors (Lipinski definition) is 3. The number of piperidine rings is 1. The van der Waals surface area contributed by atoms with E-state index in [9.17, 15) is 4.39 Å². The van der Waals surface area contributed by atoms with Crippen LogP contribution in [0.2, 0.25) is 0 Å². The van der Waals surface area contributed by atoms with Gasteiger partial charge in [0.1, 0.15) is 0 Å². The molecule has 1 saturated heterocycles. The molecule has 0 saturated carbocycles. The van der Waals surface area contributed by atoms with Gasteiger partial charge < -0.3 is 14.8 Å². The minimum Gasteiger partial charge on any atom is -0.489 e. The largest absolute Gasteiger partial charge is 0.489 e. The lowest BCUT2D eigenvalue weighted by atomic mass is 9.90. The molecule has 0 bridgehead atoms. The summed E-state index contributed by atoms with van der Waals surface area (Å²) >= 11 is 0. The highest BCUT2D eigenvalue weighted by Gasteiger charge is 2.25. The van der Waals surface area contributed by atoms with Crippen molar-refractivity contribution in [2.45, 2.75) is 25.2 Å². The zero-order chi connectivity index (χ0) is 12.4. The molecule has 98 valence electrons. The third-order valence-corrected chi connectivity index (χ3v) is 3.61. The third-order valence-electron chi connectivity index (χ3n) is 3.61. The minimum atomic E-state index is -0.320. The fraction of sp³-hybridized carbons (Fsp3) is 0.571. The summed E-state index contributed by atoms with van der Waals surface area (Å²) in [5.74, 6) is 1.01. The van der Waals surface area contributed by atoms with Crippen molar-refractivity contribution in [2.24, 2.45) is 0 Å². The van der Waals surface area contributed by atoms with E-state index in [0.717, 1.165) is 37.9 Å². The molecule has 1 N–H and O–H groups in total. The summed E-state index contributed by atoms with van der Waals surface area (Å²) in [4.78, 5) is 0. The van der Waals surface area contributed by atoms with Crippen LogP contribution in [-0.2, 0) is 0 Å². The van der Waals surface area contributed by atoms with Crippen molar-refractivity contribution in [1.29, 1.82) is 0 Å². The van der Waals surface area contributed by atoms with Gasteiger partial charge in [0.2, 0.25) is 0 Å². The monoisotopic (exact) mass is 251 g/mol.